The molecule has 1 heterocycles. The second-order valence-electron chi connectivity index (χ2n) is 7.32. The third-order valence-electron chi connectivity index (χ3n) is 5.18. The third kappa shape index (κ3) is 4.85. The lowest BCUT2D eigenvalue weighted by Gasteiger charge is -2.18. The van der Waals surface area contributed by atoms with Crippen LogP contribution in [0.25, 0.3) is 21.6 Å². The fourth-order valence-corrected chi connectivity index (χ4v) is 3.28. The molecule has 1 aliphatic heterocycles. The average Bonchev–Trinajstić information content (AvgIpc) is 3.06. The predicted octanol–water partition coefficient (Wildman–Crippen LogP) is 5.04. The third-order valence-corrected chi connectivity index (χ3v) is 5.18. The highest BCUT2D eigenvalue weighted by Crippen LogP contribution is 2.30. The van der Waals surface area contributed by atoms with Crippen LogP contribution in [0.5, 0.6) is 0 Å². The fourth-order valence-electron chi connectivity index (χ4n) is 3.28. The number of rotatable bonds is 7. The minimum atomic E-state index is -0.512. The molecule has 29 heavy (non-hydrogen) atoms. The number of amides is 1. The van der Waals surface area contributed by atoms with E-state index in [1.165, 1.54) is 11.0 Å². The first kappa shape index (κ1) is 20.6. The molecule has 3 atom stereocenters. The van der Waals surface area contributed by atoms with E-state index in [1.54, 1.807) is 43.3 Å². The molecule has 1 saturated heterocycles. The van der Waals surface area contributed by atoms with E-state index in [1.807, 2.05) is 6.92 Å². The zero-order valence-corrected chi connectivity index (χ0v) is 16.3. The molecule has 1 amide bonds. The summed E-state index contributed by atoms with van der Waals surface area (Å²) in [4.78, 5) is 16.3. The van der Waals surface area contributed by atoms with Gasteiger partial charge in [-0.15, -0.1) is 0 Å². The number of carbonyl (C=O) groups excluding carboxylic acids is 1. The van der Waals surface area contributed by atoms with Crippen molar-refractivity contribution in [3.8, 4) is 11.1 Å². The van der Waals surface area contributed by atoms with Gasteiger partial charge in [0.1, 0.15) is 11.9 Å². The Hall–Kier alpha value is -3.09. The van der Waals surface area contributed by atoms with E-state index in [4.69, 9.17) is 10.3 Å². The quantitative estimate of drug-likeness (QED) is 0.402. The first-order valence-electron chi connectivity index (χ1n) is 9.45. The monoisotopic (exact) mass is 398 g/mol. The molecule has 0 saturated carbocycles. The smallest absolute Gasteiger partial charge is 0.414 e. The maximum absolute atomic E-state index is 14.8. The number of aliphatic hydroxyl groups excluding tert-OH is 1. The summed E-state index contributed by atoms with van der Waals surface area (Å²) in [6.45, 7) is 4.16. The summed E-state index contributed by atoms with van der Waals surface area (Å²) >= 11 is 0. The minimum Gasteiger partial charge on any atom is -0.444 e. The van der Waals surface area contributed by atoms with Crippen LogP contribution in [0.15, 0.2) is 47.6 Å². The van der Waals surface area contributed by atoms with Crippen molar-refractivity contribution in [3.63, 3.8) is 0 Å². The van der Waals surface area contributed by atoms with Crippen molar-refractivity contribution in [1.29, 1.82) is 0 Å². The van der Waals surface area contributed by atoms with Crippen molar-refractivity contribution in [3.05, 3.63) is 64.3 Å². The van der Waals surface area contributed by atoms with E-state index in [2.05, 4.69) is 10.0 Å². The molecule has 0 radical (unpaired) electrons. The number of nitrogens with zero attached hydrogens (tertiary/aromatic N) is 4. The standard InChI is InChI=1S/C21H23FN4O3/c1-13(14(2)27)9-18-12-26(21(28)29-18)17-7-8-19(20(22)10-17)16-5-3-15(4-6-16)11-24-25-23/h3-8,10,13-14,18,27H,9,11-12H2,1-2H3/t13-,14+,18+/m1/s1. The molecular formula is C21H23FN4O3. The Labute approximate surface area is 168 Å². The van der Waals surface area contributed by atoms with Gasteiger partial charge in [0, 0.05) is 10.5 Å². The van der Waals surface area contributed by atoms with Crippen LogP contribution in [0.1, 0.15) is 25.8 Å². The Morgan fingerprint density at radius 2 is 2.03 bits per heavy atom. The molecule has 0 aromatic heterocycles. The van der Waals surface area contributed by atoms with Gasteiger partial charge in [0.05, 0.1) is 24.9 Å². The summed E-state index contributed by atoms with van der Waals surface area (Å²) in [5, 5.41) is 13.1. The molecule has 1 N–H and O–H groups in total. The summed E-state index contributed by atoms with van der Waals surface area (Å²) in [5.41, 5.74) is 10.7. The van der Waals surface area contributed by atoms with E-state index in [0.29, 0.717) is 29.8 Å². The lowest BCUT2D eigenvalue weighted by Crippen LogP contribution is -2.26. The Morgan fingerprint density at radius 3 is 2.66 bits per heavy atom. The predicted molar refractivity (Wildman–Crippen MR) is 108 cm³/mol. The van der Waals surface area contributed by atoms with Crippen LogP contribution < -0.4 is 4.90 Å². The molecule has 0 aliphatic carbocycles. The average molecular weight is 398 g/mol. The van der Waals surface area contributed by atoms with Crippen molar-refractivity contribution in [2.24, 2.45) is 11.0 Å². The molecule has 1 fully saturated rings. The van der Waals surface area contributed by atoms with Crippen LogP contribution >= 0.6 is 0 Å². The molecule has 3 rings (SSSR count). The van der Waals surface area contributed by atoms with Gasteiger partial charge in [0.15, 0.2) is 0 Å². The first-order valence-corrected chi connectivity index (χ1v) is 9.45. The number of ether oxygens (including phenoxy) is 1. The second kappa shape index (κ2) is 8.94. The zero-order valence-electron chi connectivity index (χ0n) is 16.3. The fraction of sp³-hybridized carbons (Fsp3) is 0.381. The Kier molecular flexibility index (Phi) is 6.36. The molecule has 0 spiro atoms. The van der Waals surface area contributed by atoms with E-state index in [9.17, 15) is 14.3 Å². The highest BCUT2D eigenvalue weighted by atomic mass is 19.1. The number of benzene rings is 2. The van der Waals surface area contributed by atoms with Crippen molar-refractivity contribution in [1.82, 2.24) is 0 Å². The van der Waals surface area contributed by atoms with Crippen LogP contribution in [0.3, 0.4) is 0 Å². The first-order chi connectivity index (χ1) is 13.9. The van der Waals surface area contributed by atoms with Crippen molar-refractivity contribution in [2.45, 2.75) is 39.0 Å². The van der Waals surface area contributed by atoms with Crippen molar-refractivity contribution >= 4 is 11.8 Å². The number of halogens is 1. The van der Waals surface area contributed by atoms with Gasteiger partial charge >= 0.3 is 6.09 Å². The van der Waals surface area contributed by atoms with Gasteiger partial charge < -0.3 is 9.84 Å². The number of hydrogen-bond donors (Lipinski definition) is 1. The van der Waals surface area contributed by atoms with Gasteiger partial charge in [-0.1, -0.05) is 36.3 Å². The Bertz CT molecular complexity index is 926. The maximum atomic E-state index is 14.8. The minimum absolute atomic E-state index is 0.00585. The van der Waals surface area contributed by atoms with E-state index >= 15 is 0 Å². The van der Waals surface area contributed by atoms with Gasteiger partial charge in [0.2, 0.25) is 0 Å². The van der Waals surface area contributed by atoms with Gasteiger partial charge in [-0.3, -0.25) is 4.90 Å². The van der Waals surface area contributed by atoms with E-state index < -0.39 is 18.0 Å². The Balaban J connectivity index is 1.74. The lowest BCUT2D eigenvalue weighted by atomic mass is 9.98. The highest BCUT2D eigenvalue weighted by Gasteiger charge is 2.34. The summed E-state index contributed by atoms with van der Waals surface area (Å²) < 4.78 is 20.1. The number of azide groups is 1. The van der Waals surface area contributed by atoms with Crippen LogP contribution in [0.4, 0.5) is 14.9 Å². The van der Waals surface area contributed by atoms with Gasteiger partial charge in [0.25, 0.3) is 0 Å². The van der Waals surface area contributed by atoms with Crippen molar-refractivity contribution in [2.75, 3.05) is 11.4 Å². The molecule has 2 aromatic rings. The number of cyclic esters (lactones) is 1. The highest BCUT2D eigenvalue weighted by molar-refractivity contribution is 5.90. The lowest BCUT2D eigenvalue weighted by molar-refractivity contribution is 0.0829. The summed E-state index contributed by atoms with van der Waals surface area (Å²) in [7, 11) is 0. The molecule has 8 heteroatoms. The van der Waals surface area contributed by atoms with Gasteiger partial charge in [-0.25, -0.2) is 9.18 Å². The van der Waals surface area contributed by atoms with Crippen molar-refractivity contribution < 1.29 is 19.0 Å². The molecule has 2 aromatic carbocycles. The zero-order chi connectivity index (χ0) is 21.0. The largest absolute Gasteiger partial charge is 0.444 e. The maximum Gasteiger partial charge on any atom is 0.414 e. The number of carbonyl (C=O) groups is 1. The molecule has 1 aliphatic rings. The summed E-state index contributed by atoms with van der Waals surface area (Å²) in [5.74, 6) is -0.451. The van der Waals surface area contributed by atoms with Gasteiger partial charge in [-0.2, -0.15) is 0 Å². The van der Waals surface area contributed by atoms with Crippen LogP contribution in [-0.2, 0) is 11.3 Å². The number of hydrogen-bond acceptors (Lipinski definition) is 4. The molecule has 7 nitrogen and oxygen atoms in total. The molecule has 0 bridgehead atoms. The normalized spacial score (nSPS) is 18.1. The van der Waals surface area contributed by atoms with E-state index in [0.717, 1.165) is 5.56 Å². The van der Waals surface area contributed by atoms with Crippen LogP contribution in [0.2, 0.25) is 0 Å². The Morgan fingerprint density at radius 1 is 1.31 bits per heavy atom. The van der Waals surface area contributed by atoms with Crippen LogP contribution in [-0.4, -0.2) is 30.0 Å². The molecular weight excluding hydrogens is 375 g/mol. The number of aliphatic hydroxyl groups is 1. The van der Waals surface area contributed by atoms with E-state index in [-0.39, 0.29) is 18.6 Å². The van der Waals surface area contributed by atoms with Crippen LogP contribution in [0, 0.1) is 11.7 Å². The molecule has 152 valence electrons. The number of anilines is 1. The summed E-state index contributed by atoms with van der Waals surface area (Å²) in [6.07, 6.45) is -0.791. The summed E-state index contributed by atoms with van der Waals surface area (Å²) in [6, 6.07) is 11.7. The molecule has 0 unspecified atom stereocenters. The SMILES string of the molecule is C[C@H](O)[C@H](C)C[C@H]1CN(c2ccc(-c3ccc(CN=[N+]=[N-])cc3)c(F)c2)C(=O)O1. The van der Waals surface area contributed by atoms with Gasteiger partial charge in [-0.05, 0) is 54.1 Å². The topological polar surface area (TPSA) is 98.5 Å². The second-order valence-corrected chi connectivity index (χ2v) is 7.32.